The Labute approximate surface area is 147 Å². The third-order valence-electron chi connectivity index (χ3n) is 4.91. The molecule has 0 spiro atoms. The van der Waals surface area contributed by atoms with Crippen LogP contribution >= 0.6 is 0 Å². The Balaban J connectivity index is 1.43. The first kappa shape index (κ1) is 15.8. The predicted molar refractivity (Wildman–Crippen MR) is 100 cm³/mol. The van der Waals surface area contributed by atoms with Gasteiger partial charge in [-0.1, -0.05) is 29.8 Å². The number of aromatic amines is 1. The Bertz CT molecular complexity index is 905. The molecule has 4 nitrogen and oxygen atoms in total. The highest BCUT2D eigenvalue weighted by Gasteiger charge is 2.32. The number of ether oxygens (including phenoxy) is 1. The zero-order valence-electron chi connectivity index (χ0n) is 14.5. The molecule has 0 radical (unpaired) electrons. The van der Waals surface area contributed by atoms with Crippen LogP contribution in [0.1, 0.15) is 36.8 Å². The summed E-state index contributed by atoms with van der Waals surface area (Å²) >= 11 is 0. The van der Waals surface area contributed by atoms with Gasteiger partial charge in [-0.25, -0.2) is 0 Å². The molecule has 0 bridgehead atoms. The van der Waals surface area contributed by atoms with Gasteiger partial charge >= 0.3 is 0 Å². The lowest BCUT2D eigenvalue weighted by atomic mass is 9.77. The first-order valence-electron chi connectivity index (χ1n) is 8.70. The van der Waals surface area contributed by atoms with Crippen LogP contribution in [-0.4, -0.2) is 17.0 Å². The molecule has 1 amide bonds. The molecular weight excluding hydrogens is 312 g/mol. The molecule has 1 aromatic heterocycles. The molecule has 1 saturated carbocycles. The molecule has 4 rings (SSSR count). The fraction of sp³-hybridized carbons (Fsp3) is 0.286. The van der Waals surface area contributed by atoms with Crippen LogP contribution in [-0.2, 0) is 4.79 Å². The van der Waals surface area contributed by atoms with Crippen molar-refractivity contribution in [2.24, 2.45) is 0 Å². The van der Waals surface area contributed by atoms with E-state index >= 15 is 0 Å². The summed E-state index contributed by atoms with van der Waals surface area (Å²) < 4.78 is 6.14. The highest BCUT2D eigenvalue weighted by Crippen LogP contribution is 2.39. The number of aromatic nitrogens is 1. The summed E-state index contributed by atoms with van der Waals surface area (Å²) in [6.07, 6.45) is 4.17. The van der Waals surface area contributed by atoms with Crippen LogP contribution in [0.5, 0.6) is 5.75 Å². The summed E-state index contributed by atoms with van der Waals surface area (Å²) in [5, 5.41) is 3.82. The highest BCUT2D eigenvalue weighted by molar-refractivity contribution is 6.01. The lowest BCUT2D eigenvalue weighted by Gasteiger charge is -2.35. The average Bonchev–Trinajstić information content (AvgIpc) is 2.93. The van der Waals surface area contributed by atoms with E-state index in [2.05, 4.69) is 41.5 Å². The van der Waals surface area contributed by atoms with E-state index in [9.17, 15) is 4.79 Å². The highest BCUT2D eigenvalue weighted by atomic mass is 16.5. The van der Waals surface area contributed by atoms with E-state index in [0.717, 1.165) is 35.2 Å². The molecule has 1 heterocycles. The largest absolute Gasteiger partial charge is 0.490 e. The van der Waals surface area contributed by atoms with E-state index < -0.39 is 0 Å². The smallest absolute Gasteiger partial charge is 0.221 e. The Morgan fingerprint density at radius 2 is 1.92 bits per heavy atom. The van der Waals surface area contributed by atoms with Crippen molar-refractivity contribution in [1.82, 2.24) is 4.98 Å². The molecular formula is C21H22N2O2. The number of hydrogen-bond acceptors (Lipinski definition) is 2. The van der Waals surface area contributed by atoms with Crippen LogP contribution in [0.3, 0.4) is 0 Å². The van der Waals surface area contributed by atoms with E-state index in [0.29, 0.717) is 5.92 Å². The van der Waals surface area contributed by atoms with Crippen molar-refractivity contribution in [2.75, 3.05) is 5.32 Å². The third-order valence-corrected chi connectivity index (χ3v) is 4.91. The van der Waals surface area contributed by atoms with E-state index in [1.54, 1.807) is 0 Å². The molecule has 2 N–H and O–H groups in total. The lowest BCUT2D eigenvalue weighted by molar-refractivity contribution is -0.114. The molecule has 0 aliphatic heterocycles. The number of nitrogens with one attached hydrogen (secondary N) is 2. The fourth-order valence-corrected chi connectivity index (χ4v) is 3.43. The second-order valence-electron chi connectivity index (χ2n) is 6.91. The van der Waals surface area contributed by atoms with Crippen molar-refractivity contribution in [3.05, 3.63) is 59.8 Å². The number of amides is 1. The third kappa shape index (κ3) is 3.25. The molecule has 1 fully saturated rings. The summed E-state index contributed by atoms with van der Waals surface area (Å²) in [4.78, 5) is 14.5. The average molecular weight is 334 g/mol. The Morgan fingerprint density at radius 1 is 1.16 bits per heavy atom. The van der Waals surface area contributed by atoms with Gasteiger partial charge in [0.15, 0.2) is 0 Å². The zero-order chi connectivity index (χ0) is 17.4. The number of anilines is 1. The molecule has 1 aliphatic carbocycles. The number of carbonyl (C=O) groups excluding carboxylic acids is 1. The number of fused-ring (bicyclic) bond motifs is 1. The van der Waals surface area contributed by atoms with Crippen molar-refractivity contribution < 1.29 is 9.53 Å². The van der Waals surface area contributed by atoms with Crippen LogP contribution in [0.15, 0.2) is 48.7 Å². The van der Waals surface area contributed by atoms with Crippen LogP contribution in [0.25, 0.3) is 10.9 Å². The molecule has 0 saturated heterocycles. The van der Waals surface area contributed by atoms with Gasteiger partial charge in [-0.15, -0.1) is 0 Å². The van der Waals surface area contributed by atoms with Crippen molar-refractivity contribution in [1.29, 1.82) is 0 Å². The van der Waals surface area contributed by atoms with Crippen LogP contribution in [0.2, 0.25) is 0 Å². The number of hydrogen-bond donors (Lipinski definition) is 2. The Morgan fingerprint density at radius 3 is 2.64 bits per heavy atom. The van der Waals surface area contributed by atoms with Crippen LogP contribution in [0.4, 0.5) is 5.69 Å². The van der Waals surface area contributed by atoms with Crippen LogP contribution < -0.4 is 10.1 Å². The first-order valence-corrected chi connectivity index (χ1v) is 8.70. The molecule has 1 aliphatic rings. The maximum absolute atomic E-state index is 11.3. The molecule has 4 heteroatoms. The van der Waals surface area contributed by atoms with Gasteiger partial charge < -0.3 is 15.0 Å². The van der Waals surface area contributed by atoms with Gasteiger partial charge in [-0.2, -0.15) is 0 Å². The van der Waals surface area contributed by atoms with Gasteiger partial charge in [-0.05, 0) is 49.4 Å². The maximum Gasteiger partial charge on any atom is 0.221 e. The summed E-state index contributed by atoms with van der Waals surface area (Å²) in [6, 6.07) is 14.8. The number of rotatable bonds is 4. The SMILES string of the molecule is CC(=O)Nc1c[nH]c2ccc(O[C@H]3C[C@@H](c4ccc(C)cc4)C3)cc12. The summed E-state index contributed by atoms with van der Waals surface area (Å²) in [5.41, 5.74) is 4.48. The topological polar surface area (TPSA) is 54.1 Å². The fourth-order valence-electron chi connectivity index (χ4n) is 3.43. The van der Waals surface area contributed by atoms with Gasteiger partial charge in [-0.3, -0.25) is 4.79 Å². The quantitative estimate of drug-likeness (QED) is 0.723. The second kappa shape index (κ2) is 6.28. The van der Waals surface area contributed by atoms with E-state index in [1.807, 2.05) is 24.4 Å². The molecule has 0 unspecified atom stereocenters. The Hall–Kier alpha value is -2.75. The molecule has 2 aromatic carbocycles. The first-order chi connectivity index (χ1) is 12.1. The predicted octanol–water partition coefficient (Wildman–Crippen LogP) is 4.76. The number of aryl methyl sites for hydroxylation is 1. The molecule has 128 valence electrons. The van der Waals surface area contributed by atoms with Gasteiger partial charge in [0.1, 0.15) is 5.75 Å². The minimum Gasteiger partial charge on any atom is -0.490 e. The van der Waals surface area contributed by atoms with Gasteiger partial charge in [0.05, 0.1) is 11.8 Å². The van der Waals surface area contributed by atoms with Crippen molar-refractivity contribution in [3.63, 3.8) is 0 Å². The zero-order valence-corrected chi connectivity index (χ0v) is 14.5. The standard InChI is InChI=1S/C21H22N2O2/c1-13-3-5-15(6-4-13)16-9-18(10-16)25-17-7-8-20-19(11-17)21(12-22-20)23-14(2)24/h3-8,11-12,16,18,22H,9-10H2,1-2H3,(H,23,24)/t16-,18+. The van der Waals surface area contributed by atoms with E-state index in [1.165, 1.54) is 18.1 Å². The Kier molecular flexibility index (Phi) is 3.96. The second-order valence-corrected chi connectivity index (χ2v) is 6.91. The minimum absolute atomic E-state index is 0.0767. The normalized spacial score (nSPS) is 19.4. The van der Waals surface area contributed by atoms with Crippen LogP contribution in [0, 0.1) is 6.92 Å². The molecule has 0 atom stereocenters. The van der Waals surface area contributed by atoms with E-state index in [4.69, 9.17) is 4.74 Å². The monoisotopic (exact) mass is 334 g/mol. The molecule has 25 heavy (non-hydrogen) atoms. The summed E-state index contributed by atoms with van der Waals surface area (Å²) in [6.45, 7) is 3.63. The number of carbonyl (C=O) groups is 1. The van der Waals surface area contributed by atoms with Crippen molar-refractivity contribution in [2.45, 2.75) is 38.7 Å². The van der Waals surface area contributed by atoms with Crippen molar-refractivity contribution >= 4 is 22.5 Å². The number of H-pyrrole nitrogens is 1. The van der Waals surface area contributed by atoms with E-state index in [-0.39, 0.29) is 12.0 Å². The molecule has 3 aromatic rings. The van der Waals surface area contributed by atoms with Gasteiger partial charge in [0.2, 0.25) is 5.91 Å². The summed E-state index contributed by atoms with van der Waals surface area (Å²) in [5.74, 6) is 1.37. The number of benzene rings is 2. The maximum atomic E-state index is 11.3. The minimum atomic E-state index is -0.0767. The van der Waals surface area contributed by atoms with Crippen molar-refractivity contribution in [3.8, 4) is 5.75 Å². The summed E-state index contributed by atoms with van der Waals surface area (Å²) in [7, 11) is 0. The lowest BCUT2D eigenvalue weighted by Crippen LogP contribution is -2.32. The van der Waals surface area contributed by atoms with Gasteiger partial charge in [0, 0.05) is 24.0 Å². The van der Waals surface area contributed by atoms with Gasteiger partial charge in [0.25, 0.3) is 0 Å².